The molecule has 0 aromatic heterocycles. The van der Waals surface area contributed by atoms with Gasteiger partial charge in [-0.3, -0.25) is 4.79 Å². The zero-order valence-electron chi connectivity index (χ0n) is 11.6. The minimum absolute atomic E-state index is 0.00704. The van der Waals surface area contributed by atoms with E-state index in [9.17, 15) is 15.0 Å². The highest BCUT2D eigenvalue weighted by Gasteiger charge is 2.57. The Morgan fingerprint density at radius 1 is 1.44 bits per heavy atom. The molecule has 18 heavy (non-hydrogen) atoms. The van der Waals surface area contributed by atoms with E-state index < -0.39 is 6.10 Å². The van der Waals surface area contributed by atoms with Crippen LogP contribution in [0.2, 0.25) is 0 Å². The maximum Gasteiger partial charge on any atom is 0.138 e. The first-order valence-electron chi connectivity index (χ1n) is 6.84. The van der Waals surface area contributed by atoms with Crippen molar-refractivity contribution in [2.24, 2.45) is 16.7 Å². The van der Waals surface area contributed by atoms with Crippen LogP contribution in [-0.4, -0.2) is 28.7 Å². The minimum atomic E-state index is -0.551. The zero-order valence-corrected chi connectivity index (χ0v) is 11.6. The molecule has 0 radical (unpaired) electrons. The number of allylic oxidation sites excluding steroid dienone is 1. The van der Waals surface area contributed by atoms with Crippen LogP contribution in [0.15, 0.2) is 11.6 Å². The summed E-state index contributed by atoms with van der Waals surface area (Å²) in [6.07, 6.45) is 4.32. The van der Waals surface area contributed by atoms with Gasteiger partial charge in [0, 0.05) is 12.3 Å². The standard InChI is InChI=1S/C15H24O3/c1-10-12(17)8-13(18)14(2,3)15(10)6-4-11(9-16)5-7-15/h4,10,13,16,18H,5-9H2,1-3H3. The Hall–Kier alpha value is -0.670. The molecule has 102 valence electrons. The number of Topliss-reactive ketones (excluding diaryl/α,β-unsaturated/α-hetero) is 1. The van der Waals surface area contributed by atoms with Crippen molar-refractivity contribution in [3.05, 3.63) is 11.6 Å². The molecule has 3 atom stereocenters. The van der Waals surface area contributed by atoms with Gasteiger partial charge in [-0.1, -0.05) is 26.8 Å². The highest BCUT2D eigenvalue weighted by Crippen LogP contribution is 2.58. The van der Waals surface area contributed by atoms with Crippen molar-refractivity contribution in [1.82, 2.24) is 0 Å². The molecule has 3 unspecified atom stereocenters. The Labute approximate surface area is 109 Å². The van der Waals surface area contributed by atoms with Crippen LogP contribution in [0.25, 0.3) is 0 Å². The van der Waals surface area contributed by atoms with Crippen LogP contribution in [0.4, 0.5) is 0 Å². The Balaban J connectivity index is 2.38. The van der Waals surface area contributed by atoms with Crippen molar-refractivity contribution in [1.29, 1.82) is 0 Å². The van der Waals surface area contributed by atoms with Gasteiger partial charge in [0.1, 0.15) is 5.78 Å². The molecule has 2 N–H and O–H groups in total. The van der Waals surface area contributed by atoms with Crippen LogP contribution in [0.3, 0.4) is 0 Å². The monoisotopic (exact) mass is 252 g/mol. The third-order valence-electron chi connectivity index (χ3n) is 5.67. The molecule has 0 amide bonds. The van der Waals surface area contributed by atoms with Gasteiger partial charge in [-0.05, 0) is 35.7 Å². The number of carbonyl (C=O) groups is 1. The van der Waals surface area contributed by atoms with Gasteiger partial charge < -0.3 is 10.2 Å². The normalized spacial score (nSPS) is 39.8. The molecule has 3 nitrogen and oxygen atoms in total. The summed E-state index contributed by atoms with van der Waals surface area (Å²) in [5.41, 5.74) is 0.661. The van der Waals surface area contributed by atoms with Gasteiger partial charge in [-0.25, -0.2) is 0 Å². The average Bonchev–Trinajstić information content (AvgIpc) is 2.36. The molecule has 2 aliphatic rings. The second-order valence-electron chi connectivity index (χ2n) is 6.51. The Kier molecular flexibility index (Phi) is 3.41. The molecule has 0 saturated heterocycles. The Morgan fingerprint density at radius 2 is 2.11 bits per heavy atom. The van der Waals surface area contributed by atoms with Crippen molar-refractivity contribution in [2.45, 2.75) is 52.6 Å². The van der Waals surface area contributed by atoms with E-state index in [2.05, 4.69) is 19.9 Å². The van der Waals surface area contributed by atoms with E-state index >= 15 is 0 Å². The summed E-state index contributed by atoms with van der Waals surface area (Å²) in [5, 5.41) is 19.5. The van der Waals surface area contributed by atoms with Crippen LogP contribution < -0.4 is 0 Å². The fraction of sp³-hybridized carbons (Fsp3) is 0.800. The maximum atomic E-state index is 12.1. The highest BCUT2D eigenvalue weighted by molar-refractivity contribution is 5.83. The number of hydrogen-bond acceptors (Lipinski definition) is 3. The SMILES string of the molecule is CC1C(=O)CC(O)C(C)(C)C12CC=C(CO)CC2. The van der Waals surface area contributed by atoms with Gasteiger partial charge >= 0.3 is 0 Å². The van der Waals surface area contributed by atoms with Gasteiger partial charge in [0.05, 0.1) is 12.7 Å². The predicted octanol–water partition coefficient (Wildman–Crippen LogP) is 2.07. The van der Waals surface area contributed by atoms with E-state index in [1.165, 1.54) is 0 Å². The lowest BCUT2D eigenvalue weighted by Crippen LogP contribution is -2.57. The average molecular weight is 252 g/mol. The van der Waals surface area contributed by atoms with E-state index in [0.29, 0.717) is 0 Å². The van der Waals surface area contributed by atoms with Gasteiger partial charge in [-0.2, -0.15) is 0 Å². The number of aliphatic hydroxyl groups excluding tert-OH is 2. The largest absolute Gasteiger partial charge is 0.392 e. The van der Waals surface area contributed by atoms with Crippen molar-refractivity contribution >= 4 is 5.78 Å². The minimum Gasteiger partial charge on any atom is -0.392 e. The van der Waals surface area contributed by atoms with Gasteiger partial charge in [0.25, 0.3) is 0 Å². The zero-order chi connectivity index (χ0) is 13.6. The van der Waals surface area contributed by atoms with Crippen molar-refractivity contribution in [3.8, 4) is 0 Å². The topological polar surface area (TPSA) is 57.5 Å². The van der Waals surface area contributed by atoms with E-state index in [1.54, 1.807) is 0 Å². The number of hydrogen-bond donors (Lipinski definition) is 2. The second-order valence-corrected chi connectivity index (χ2v) is 6.51. The first kappa shape index (κ1) is 13.8. The van der Waals surface area contributed by atoms with Crippen LogP contribution in [0.1, 0.15) is 46.5 Å². The molecule has 0 heterocycles. The number of carbonyl (C=O) groups excluding carboxylic acids is 1. The third-order valence-corrected chi connectivity index (χ3v) is 5.67. The van der Waals surface area contributed by atoms with Crippen LogP contribution >= 0.6 is 0 Å². The van der Waals surface area contributed by atoms with Crippen molar-refractivity contribution in [2.75, 3.05) is 6.61 Å². The van der Waals surface area contributed by atoms with Crippen molar-refractivity contribution < 1.29 is 15.0 Å². The second kappa shape index (κ2) is 4.46. The molecular formula is C15H24O3. The van der Waals surface area contributed by atoms with Crippen LogP contribution in [0, 0.1) is 16.7 Å². The van der Waals surface area contributed by atoms with E-state index in [0.717, 1.165) is 24.8 Å². The maximum absolute atomic E-state index is 12.1. The van der Waals surface area contributed by atoms with Gasteiger partial charge in [-0.15, -0.1) is 0 Å². The number of rotatable bonds is 1. The number of ketones is 1. The Morgan fingerprint density at radius 3 is 2.61 bits per heavy atom. The smallest absolute Gasteiger partial charge is 0.138 e. The summed E-state index contributed by atoms with van der Waals surface area (Å²) < 4.78 is 0. The fourth-order valence-corrected chi connectivity index (χ4v) is 3.86. The third kappa shape index (κ3) is 1.76. The molecule has 0 aromatic rings. The van der Waals surface area contributed by atoms with E-state index in [1.807, 2.05) is 6.92 Å². The summed E-state index contributed by atoms with van der Waals surface area (Å²) in [6.45, 7) is 6.28. The molecule has 1 spiro atoms. The molecule has 0 aromatic carbocycles. The predicted molar refractivity (Wildman–Crippen MR) is 70.0 cm³/mol. The lowest BCUT2D eigenvalue weighted by Gasteiger charge is -2.57. The summed E-state index contributed by atoms with van der Waals surface area (Å²) in [7, 11) is 0. The van der Waals surface area contributed by atoms with Crippen molar-refractivity contribution in [3.63, 3.8) is 0 Å². The quantitative estimate of drug-likeness (QED) is 0.702. The first-order valence-corrected chi connectivity index (χ1v) is 6.84. The highest BCUT2D eigenvalue weighted by atomic mass is 16.3. The molecule has 0 bridgehead atoms. The summed E-state index contributed by atoms with van der Waals surface area (Å²) >= 11 is 0. The van der Waals surface area contributed by atoms with Crippen LogP contribution in [-0.2, 0) is 4.79 Å². The Bertz CT molecular complexity index is 383. The lowest BCUT2D eigenvalue weighted by molar-refractivity contribution is -0.159. The molecular weight excluding hydrogens is 228 g/mol. The lowest BCUT2D eigenvalue weighted by atomic mass is 9.48. The molecule has 2 rings (SSSR count). The number of aliphatic hydroxyl groups is 2. The van der Waals surface area contributed by atoms with Crippen LogP contribution in [0.5, 0.6) is 0 Å². The van der Waals surface area contributed by atoms with Gasteiger partial charge in [0.2, 0.25) is 0 Å². The summed E-state index contributed by atoms with van der Waals surface area (Å²) in [4.78, 5) is 12.1. The molecule has 1 saturated carbocycles. The first-order chi connectivity index (χ1) is 8.35. The summed E-state index contributed by atoms with van der Waals surface area (Å²) in [6, 6.07) is 0. The van der Waals surface area contributed by atoms with Gasteiger partial charge in [0.15, 0.2) is 0 Å². The fourth-order valence-electron chi connectivity index (χ4n) is 3.86. The molecule has 2 aliphatic carbocycles. The molecule has 3 heteroatoms. The van der Waals surface area contributed by atoms with E-state index in [-0.39, 0.29) is 35.6 Å². The molecule has 1 fully saturated rings. The molecule has 0 aliphatic heterocycles. The van der Waals surface area contributed by atoms with E-state index in [4.69, 9.17) is 0 Å². The summed E-state index contributed by atoms with van der Waals surface area (Å²) in [5.74, 6) is 0.176.